The van der Waals surface area contributed by atoms with Crippen LogP contribution in [0.25, 0.3) is 0 Å². The maximum Gasteiger partial charge on any atom is 0.0498 e. The van der Waals surface area contributed by atoms with E-state index >= 15 is 0 Å². The predicted octanol–water partition coefficient (Wildman–Crippen LogP) is 3.36. The number of nitrogens with two attached hydrogens (primary N) is 1. The van der Waals surface area contributed by atoms with Crippen molar-refractivity contribution in [3.63, 3.8) is 0 Å². The highest BCUT2D eigenvalue weighted by molar-refractivity contribution is 9.10. The van der Waals surface area contributed by atoms with Gasteiger partial charge in [0.15, 0.2) is 0 Å². The molecule has 0 aliphatic carbocycles. The van der Waals surface area contributed by atoms with Gasteiger partial charge in [0.1, 0.15) is 0 Å². The number of likely N-dealkylation sites (N-methyl/N-ethyl adjacent to an activating group) is 1. The summed E-state index contributed by atoms with van der Waals surface area (Å²) < 4.78 is 1.10. The highest BCUT2D eigenvalue weighted by Crippen LogP contribution is 2.23. The molecule has 0 saturated carbocycles. The van der Waals surface area contributed by atoms with Crippen molar-refractivity contribution in [3.8, 4) is 0 Å². The Kier molecular flexibility index (Phi) is 5.29. The van der Waals surface area contributed by atoms with Crippen LogP contribution in [0, 0.1) is 0 Å². The molecular formula is C16H20BrN3. The highest BCUT2D eigenvalue weighted by Gasteiger charge is 2.21. The highest BCUT2D eigenvalue weighted by atomic mass is 79.9. The molecule has 1 aromatic heterocycles. The van der Waals surface area contributed by atoms with Crippen molar-refractivity contribution in [3.05, 3.63) is 64.4 Å². The van der Waals surface area contributed by atoms with Gasteiger partial charge in [-0.25, -0.2) is 0 Å². The molecule has 0 amide bonds. The summed E-state index contributed by atoms with van der Waals surface area (Å²) in [5.41, 5.74) is 8.65. The van der Waals surface area contributed by atoms with Gasteiger partial charge < -0.3 is 5.73 Å². The molecule has 0 aliphatic rings. The van der Waals surface area contributed by atoms with Gasteiger partial charge >= 0.3 is 0 Å². The Bertz CT molecular complexity index is 525. The third-order valence-corrected chi connectivity index (χ3v) is 3.89. The predicted molar refractivity (Wildman–Crippen MR) is 86.2 cm³/mol. The molecule has 0 spiro atoms. The van der Waals surface area contributed by atoms with Crippen molar-refractivity contribution < 1.29 is 0 Å². The molecule has 2 rings (SSSR count). The van der Waals surface area contributed by atoms with Crippen LogP contribution in [-0.2, 0) is 6.54 Å². The number of halogens is 1. The Labute approximate surface area is 129 Å². The Morgan fingerprint density at radius 1 is 1.15 bits per heavy atom. The molecular weight excluding hydrogens is 314 g/mol. The quantitative estimate of drug-likeness (QED) is 0.912. The average Bonchev–Trinajstić information content (AvgIpc) is 2.42. The minimum Gasteiger partial charge on any atom is -0.326 e. The number of rotatable bonds is 5. The van der Waals surface area contributed by atoms with Crippen LogP contribution in [0.2, 0.25) is 0 Å². The van der Waals surface area contributed by atoms with E-state index in [1.807, 2.05) is 31.5 Å². The van der Waals surface area contributed by atoms with Crippen LogP contribution in [0.1, 0.15) is 24.1 Å². The molecule has 0 bridgehead atoms. The number of aromatic nitrogens is 1. The summed E-state index contributed by atoms with van der Waals surface area (Å²) in [5.74, 6) is 0. The van der Waals surface area contributed by atoms with Gasteiger partial charge in [-0.2, -0.15) is 0 Å². The third kappa shape index (κ3) is 3.88. The monoisotopic (exact) mass is 333 g/mol. The van der Waals surface area contributed by atoms with Gasteiger partial charge in [0.25, 0.3) is 0 Å². The van der Waals surface area contributed by atoms with E-state index < -0.39 is 0 Å². The summed E-state index contributed by atoms with van der Waals surface area (Å²) in [6, 6.07) is 12.7. The lowest BCUT2D eigenvalue weighted by Gasteiger charge is -2.31. The summed E-state index contributed by atoms with van der Waals surface area (Å²) in [5, 5.41) is 0. The van der Waals surface area contributed by atoms with E-state index in [4.69, 9.17) is 5.73 Å². The van der Waals surface area contributed by atoms with Gasteiger partial charge in [-0.3, -0.25) is 9.88 Å². The first kappa shape index (κ1) is 15.2. The second kappa shape index (κ2) is 6.97. The minimum atomic E-state index is 0.0536. The molecule has 3 nitrogen and oxygen atoms in total. The van der Waals surface area contributed by atoms with Crippen LogP contribution in [-0.4, -0.2) is 23.0 Å². The molecule has 2 N–H and O–H groups in total. The average molecular weight is 334 g/mol. The van der Waals surface area contributed by atoms with Crippen LogP contribution in [0.15, 0.2) is 53.3 Å². The number of hydrogen-bond acceptors (Lipinski definition) is 3. The second-order valence-corrected chi connectivity index (χ2v) is 6.04. The van der Waals surface area contributed by atoms with Crippen molar-refractivity contribution in [2.75, 3.05) is 7.05 Å². The molecule has 1 aromatic carbocycles. The third-order valence-electron chi connectivity index (χ3n) is 3.37. The summed E-state index contributed by atoms with van der Waals surface area (Å²) >= 11 is 3.46. The number of hydrogen-bond donors (Lipinski definition) is 1. The normalized spacial score (nSPS) is 14.2. The van der Waals surface area contributed by atoms with Gasteiger partial charge in [0, 0.05) is 35.5 Å². The van der Waals surface area contributed by atoms with Crippen molar-refractivity contribution in [2.45, 2.75) is 25.6 Å². The molecule has 2 unspecified atom stereocenters. The molecule has 2 atom stereocenters. The Balaban J connectivity index is 2.15. The zero-order valence-corrected chi connectivity index (χ0v) is 13.4. The van der Waals surface area contributed by atoms with Crippen molar-refractivity contribution >= 4 is 15.9 Å². The van der Waals surface area contributed by atoms with E-state index in [0.717, 1.165) is 11.0 Å². The fourth-order valence-electron chi connectivity index (χ4n) is 2.50. The van der Waals surface area contributed by atoms with Crippen molar-refractivity contribution in [2.24, 2.45) is 5.73 Å². The molecule has 1 heterocycles. The Morgan fingerprint density at radius 3 is 2.30 bits per heavy atom. The van der Waals surface area contributed by atoms with Gasteiger partial charge in [-0.05, 0) is 49.4 Å². The van der Waals surface area contributed by atoms with Crippen LogP contribution in [0.4, 0.5) is 0 Å². The van der Waals surface area contributed by atoms with Gasteiger partial charge in [0.2, 0.25) is 0 Å². The van der Waals surface area contributed by atoms with Crippen molar-refractivity contribution in [1.82, 2.24) is 9.88 Å². The first-order valence-electron chi connectivity index (χ1n) is 6.68. The molecule has 106 valence electrons. The lowest BCUT2D eigenvalue weighted by Crippen LogP contribution is -2.36. The molecule has 4 heteroatoms. The molecule has 0 radical (unpaired) electrons. The van der Waals surface area contributed by atoms with Gasteiger partial charge in [0.05, 0.1) is 0 Å². The van der Waals surface area contributed by atoms with Gasteiger partial charge in [-0.1, -0.05) is 28.1 Å². The first-order valence-corrected chi connectivity index (χ1v) is 7.47. The van der Waals surface area contributed by atoms with E-state index in [1.54, 1.807) is 0 Å². The van der Waals surface area contributed by atoms with Gasteiger partial charge in [-0.15, -0.1) is 0 Å². The fraction of sp³-hybridized carbons (Fsp3) is 0.312. The largest absolute Gasteiger partial charge is 0.326 e. The van der Waals surface area contributed by atoms with E-state index in [9.17, 15) is 0 Å². The number of pyridine rings is 1. The van der Waals surface area contributed by atoms with E-state index in [-0.39, 0.29) is 12.1 Å². The zero-order chi connectivity index (χ0) is 14.5. The summed E-state index contributed by atoms with van der Waals surface area (Å²) in [6.07, 6.45) is 3.64. The SMILES string of the molecule is CC(N)C(c1ccncc1)N(C)Cc1ccc(Br)cc1. The lowest BCUT2D eigenvalue weighted by molar-refractivity contribution is 0.211. The first-order chi connectivity index (χ1) is 9.58. The zero-order valence-electron chi connectivity index (χ0n) is 11.8. The van der Waals surface area contributed by atoms with E-state index in [2.05, 4.69) is 57.1 Å². The standard InChI is InChI=1S/C16H20BrN3/c1-12(18)16(14-7-9-19-10-8-14)20(2)11-13-3-5-15(17)6-4-13/h3-10,12,16H,11,18H2,1-2H3. The second-order valence-electron chi connectivity index (χ2n) is 5.13. The topological polar surface area (TPSA) is 42.1 Å². The summed E-state index contributed by atoms with van der Waals surface area (Å²) in [6.45, 7) is 2.91. The maximum atomic E-state index is 6.18. The Hall–Kier alpha value is -1.23. The molecule has 0 aliphatic heterocycles. The summed E-state index contributed by atoms with van der Waals surface area (Å²) in [7, 11) is 2.11. The van der Waals surface area contributed by atoms with Crippen LogP contribution >= 0.6 is 15.9 Å². The molecule has 20 heavy (non-hydrogen) atoms. The number of benzene rings is 1. The fourth-order valence-corrected chi connectivity index (χ4v) is 2.76. The maximum absolute atomic E-state index is 6.18. The van der Waals surface area contributed by atoms with Crippen molar-refractivity contribution in [1.29, 1.82) is 0 Å². The Morgan fingerprint density at radius 2 is 1.75 bits per heavy atom. The molecule has 0 saturated heterocycles. The molecule has 0 fully saturated rings. The van der Waals surface area contributed by atoms with Crippen LogP contribution in [0.3, 0.4) is 0 Å². The van der Waals surface area contributed by atoms with Crippen LogP contribution in [0.5, 0.6) is 0 Å². The van der Waals surface area contributed by atoms with E-state index in [1.165, 1.54) is 11.1 Å². The minimum absolute atomic E-state index is 0.0536. The lowest BCUT2D eigenvalue weighted by atomic mass is 10.00. The smallest absolute Gasteiger partial charge is 0.0498 e. The summed E-state index contributed by atoms with van der Waals surface area (Å²) in [4.78, 5) is 6.36. The van der Waals surface area contributed by atoms with Crippen LogP contribution < -0.4 is 5.73 Å². The number of nitrogens with zero attached hydrogens (tertiary/aromatic N) is 2. The molecule has 2 aromatic rings. The van der Waals surface area contributed by atoms with E-state index in [0.29, 0.717) is 0 Å².